The molecule has 1 aromatic heterocycles. The second-order valence-corrected chi connectivity index (χ2v) is 3.72. The van der Waals surface area contributed by atoms with E-state index in [9.17, 15) is 5.11 Å². The van der Waals surface area contributed by atoms with Crippen molar-refractivity contribution in [1.82, 2.24) is 9.78 Å². The number of benzene rings is 1. The Balaban J connectivity index is 2.45. The van der Waals surface area contributed by atoms with E-state index in [0.717, 1.165) is 17.3 Å². The molecule has 0 saturated carbocycles. The first kappa shape index (κ1) is 10.3. The van der Waals surface area contributed by atoms with Crippen LogP contribution in [-0.4, -0.2) is 21.4 Å². The average molecular weight is 226 g/mol. The van der Waals surface area contributed by atoms with Gasteiger partial charge in [0.2, 0.25) is 0 Å². The summed E-state index contributed by atoms with van der Waals surface area (Å²) < 4.78 is 1.71. The lowest BCUT2D eigenvalue weighted by Gasteiger charge is -1.99. The van der Waals surface area contributed by atoms with Crippen LogP contribution < -0.4 is 5.73 Å². The minimum atomic E-state index is 0.197. The van der Waals surface area contributed by atoms with Crippen LogP contribution in [0.15, 0.2) is 18.2 Å². The normalized spacial score (nSPS) is 11.1. The lowest BCUT2D eigenvalue weighted by molar-refractivity contribution is 0.476. The standard InChI is InChI=1S/C10H12ClN3O/c11-10-8-6-7(15)2-3-9(8)13-14(10)5-1-4-12/h2-3,6,15H,1,4-5,12H2. The minimum absolute atomic E-state index is 0.197. The minimum Gasteiger partial charge on any atom is -0.508 e. The number of phenolic OH excluding ortho intramolecular Hbond substituents is 1. The molecule has 0 atom stereocenters. The second-order valence-electron chi connectivity index (χ2n) is 3.36. The molecule has 80 valence electrons. The van der Waals surface area contributed by atoms with Gasteiger partial charge in [0.1, 0.15) is 10.9 Å². The van der Waals surface area contributed by atoms with Crippen molar-refractivity contribution in [3.8, 4) is 5.75 Å². The molecular weight excluding hydrogens is 214 g/mol. The second kappa shape index (κ2) is 4.08. The fourth-order valence-electron chi connectivity index (χ4n) is 1.48. The fourth-order valence-corrected chi connectivity index (χ4v) is 1.75. The van der Waals surface area contributed by atoms with Crippen LogP contribution in [0, 0.1) is 0 Å². The van der Waals surface area contributed by atoms with Gasteiger partial charge in [0.05, 0.1) is 5.52 Å². The number of nitrogens with zero attached hydrogens (tertiary/aromatic N) is 2. The van der Waals surface area contributed by atoms with Crippen LogP contribution in [0.3, 0.4) is 0 Å². The number of aromatic hydroxyl groups is 1. The molecule has 2 aromatic rings. The maximum Gasteiger partial charge on any atom is 0.135 e. The van der Waals surface area contributed by atoms with Crippen molar-refractivity contribution in [2.45, 2.75) is 13.0 Å². The Morgan fingerprint density at radius 2 is 2.27 bits per heavy atom. The molecule has 2 rings (SSSR count). The molecule has 0 aliphatic rings. The van der Waals surface area contributed by atoms with Crippen LogP contribution in [0.2, 0.25) is 5.15 Å². The summed E-state index contributed by atoms with van der Waals surface area (Å²) in [5.41, 5.74) is 6.21. The van der Waals surface area contributed by atoms with Gasteiger partial charge in [-0.1, -0.05) is 11.6 Å². The van der Waals surface area contributed by atoms with E-state index < -0.39 is 0 Å². The Kier molecular flexibility index (Phi) is 2.79. The summed E-state index contributed by atoms with van der Waals surface area (Å²) >= 11 is 6.11. The Morgan fingerprint density at radius 3 is 3.00 bits per heavy atom. The molecule has 0 bridgehead atoms. The number of aromatic nitrogens is 2. The Bertz CT molecular complexity index is 481. The molecular formula is C10H12ClN3O. The van der Waals surface area contributed by atoms with E-state index >= 15 is 0 Å². The highest BCUT2D eigenvalue weighted by molar-refractivity contribution is 6.34. The van der Waals surface area contributed by atoms with Gasteiger partial charge < -0.3 is 10.8 Å². The number of aryl methyl sites for hydroxylation is 1. The molecule has 15 heavy (non-hydrogen) atoms. The molecule has 0 radical (unpaired) electrons. The topological polar surface area (TPSA) is 64.1 Å². The van der Waals surface area contributed by atoms with Crippen molar-refractivity contribution in [2.24, 2.45) is 5.73 Å². The molecule has 0 saturated heterocycles. The first-order chi connectivity index (χ1) is 7.22. The summed E-state index contributed by atoms with van der Waals surface area (Å²) in [7, 11) is 0. The van der Waals surface area contributed by atoms with Gasteiger partial charge in [0, 0.05) is 11.9 Å². The number of phenols is 1. The van der Waals surface area contributed by atoms with E-state index in [-0.39, 0.29) is 5.75 Å². The number of halogens is 1. The van der Waals surface area contributed by atoms with Gasteiger partial charge in [-0.25, -0.2) is 0 Å². The van der Waals surface area contributed by atoms with Gasteiger partial charge >= 0.3 is 0 Å². The monoisotopic (exact) mass is 225 g/mol. The summed E-state index contributed by atoms with van der Waals surface area (Å²) in [5.74, 6) is 0.197. The average Bonchev–Trinajstić information content (AvgIpc) is 2.53. The predicted molar refractivity (Wildman–Crippen MR) is 60.1 cm³/mol. The van der Waals surface area contributed by atoms with Gasteiger partial charge in [-0.3, -0.25) is 4.68 Å². The van der Waals surface area contributed by atoms with Crippen LogP contribution in [0.25, 0.3) is 10.9 Å². The van der Waals surface area contributed by atoms with E-state index in [0.29, 0.717) is 18.2 Å². The van der Waals surface area contributed by atoms with Crippen LogP contribution >= 0.6 is 11.6 Å². The van der Waals surface area contributed by atoms with Crippen molar-refractivity contribution in [3.05, 3.63) is 23.4 Å². The van der Waals surface area contributed by atoms with Crippen LogP contribution in [0.1, 0.15) is 6.42 Å². The lowest BCUT2D eigenvalue weighted by Crippen LogP contribution is -2.06. The first-order valence-corrected chi connectivity index (χ1v) is 5.15. The van der Waals surface area contributed by atoms with Gasteiger partial charge in [-0.2, -0.15) is 5.10 Å². The van der Waals surface area contributed by atoms with Crippen molar-refractivity contribution >= 4 is 22.5 Å². The zero-order valence-electron chi connectivity index (χ0n) is 8.15. The van der Waals surface area contributed by atoms with Crippen LogP contribution in [-0.2, 0) is 6.54 Å². The fraction of sp³-hybridized carbons (Fsp3) is 0.300. The van der Waals surface area contributed by atoms with Crippen molar-refractivity contribution in [3.63, 3.8) is 0 Å². The largest absolute Gasteiger partial charge is 0.508 e. The van der Waals surface area contributed by atoms with Crippen molar-refractivity contribution < 1.29 is 5.11 Å². The third kappa shape index (κ3) is 1.91. The Morgan fingerprint density at radius 1 is 1.47 bits per heavy atom. The van der Waals surface area contributed by atoms with Gasteiger partial charge in [0.25, 0.3) is 0 Å². The van der Waals surface area contributed by atoms with Gasteiger partial charge in [-0.15, -0.1) is 0 Å². The predicted octanol–water partition coefficient (Wildman–Crippen LogP) is 1.74. The van der Waals surface area contributed by atoms with E-state index in [1.54, 1.807) is 22.9 Å². The van der Waals surface area contributed by atoms with E-state index in [2.05, 4.69) is 5.10 Å². The molecule has 0 amide bonds. The van der Waals surface area contributed by atoms with Crippen molar-refractivity contribution in [2.75, 3.05) is 6.54 Å². The zero-order valence-corrected chi connectivity index (χ0v) is 8.91. The summed E-state index contributed by atoms with van der Waals surface area (Å²) in [4.78, 5) is 0. The quantitative estimate of drug-likeness (QED) is 0.837. The first-order valence-electron chi connectivity index (χ1n) is 4.77. The van der Waals surface area contributed by atoms with E-state index in [1.807, 2.05) is 0 Å². The van der Waals surface area contributed by atoms with Gasteiger partial charge in [0.15, 0.2) is 0 Å². The molecule has 5 heteroatoms. The Hall–Kier alpha value is -1.26. The van der Waals surface area contributed by atoms with Gasteiger partial charge in [-0.05, 0) is 31.2 Å². The number of hydrogen-bond donors (Lipinski definition) is 2. The van der Waals surface area contributed by atoms with Crippen LogP contribution in [0.5, 0.6) is 5.75 Å². The molecule has 0 aliphatic carbocycles. The molecule has 0 fully saturated rings. The third-order valence-corrected chi connectivity index (χ3v) is 2.63. The maximum absolute atomic E-state index is 9.32. The number of rotatable bonds is 3. The summed E-state index contributed by atoms with van der Waals surface area (Å²) in [6, 6.07) is 4.96. The van der Waals surface area contributed by atoms with E-state index in [4.69, 9.17) is 17.3 Å². The summed E-state index contributed by atoms with van der Waals surface area (Å²) in [6.07, 6.45) is 0.833. The van der Waals surface area contributed by atoms with Crippen LogP contribution in [0.4, 0.5) is 0 Å². The molecule has 0 spiro atoms. The highest BCUT2D eigenvalue weighted by Crippen LogP contribution is 2.26. The van der Waals surface area contributed by atoms with Crippen molar-refractivity contribution in [1.29, 1.82) is 0 Å². The molecule has 4 nitrogen and oxygen atoms in total. The Labute approximate surface area is 92.3 Å². The molecule has 3 N–H and O–H groups in total. The molecule has 0 aliphatic heterocycles. The number of fused-ring (bicyclic) bond motifs is 1. The highest BCUT2D eigenvalue weighted by Gasteiger charge is 2.08. The smallest absolute Gasteiger partial charge is 0.135 e. The zero-order chi connectivity index (χ0) is 10.8. The number of nitrogens with two attached hydrogens (primary N) is 1. The third-order valence-electron chi connectivity index (χ3n) is 2.23. The lowest BCUT2D eigenvalue weighted by atomic mass is 10.2. The summed E-state index contributed by atoms with van der Waals surface area (Å²) in [6.45, 7) is 1.31. The maximum atomic E-state index is 9.32. The summed E-state index contributed by atoms with van der Waals surface area (Å²) in [5, 5.41) is 15.0. The number of hydrogen-bond acceptors (Lipinski definition) is 3. The molecule has 0 unspecified atom stereocenters. The molecule has 1 aromatic carbocycles. The molecule has 1 heterocycles. The SMILES string of the molecule is NCCCn1nc2ccc(O)cc2c1Cl. The highest BCUT2D eigenvalue weighted by atomic mass is 35.5. The van der Waals surface area contributed by atoms with E-state index in [1.165, 1.54) is 0 Å².